The molecule has 1 aromatic carbocycles. The fourth-order valence-electron chi connectivity index (χ4n) is 3.29. The predicted molar refractivity (Wildman–Crippen MR) is 114 cm³/mol. The Labute approximate surface area is 175 Å². The maximum absolute atomic E-state index is 12.2. The Balaban J connectivity index is 1.81. The molecule has 1 aromatic rings. The van der Waals surface area contributed by atoms with Crippen LogP contribution in [0.2, 0.25) is 0 Å². The Kier molecular flexibility index (Phi) is 7.19. The third-order valence-corrected chi connectivity index (χ3v) is 5.82. The van der Waals surface area contributed by atoms with Gasteiger partial charge in [-0.05, 0) is 56.1 Å². The Hall–Kier alpha value is -2.48. The first-order valence-electron chi connectivity index (χ1n) is 10.0. The van der Waals surface area contributed by atoms with Gasteiger partial charge in [0.05, 0.1) is 24.9 Å². The van der Waals surface area contributed by atoms with E-state index < -0.39 is 11.9 Å². The lowest BCUT2D eigenvalue weighted by molar-refractivity contribution is -0.146. The summed E-state index contributed by atoms with van der Waals surface area (Å²) in [6.45, 7) is 7.68. The van der Waals surface area contributed by atoms with Crippen molar-refractivity contribution in [2.24, 2.45) is 4.99 Å². The number of ether oxygens (including phenoxy) is 2. The monoisotopic (exact) mass is 417 g/mol. The highest BCUT2D eigenvalue weighted by molar-refractivity contribution is 8.14. The van der Waals surface area contributed by atoms with Crippen molar-refractivity contribution >= 4 is 34.6 Å². The van der Waals surface area contributed by atoms with Gasteiger partial charge >= 0.3 is 11.9 Å². The minimum atomic E-state index is -0.687. The molecule has 29 heavy (non-hydrogen) atoms. The van der Waals surface area contributed by atoms with Crippen LogP contribution in [-0.2, 0) is 19.1 Å². The highest BCUT2D eigenvalue weighted by Gasteiger charge is 2.29. The van der Waals surface area contributed by atoms with E-state index in [4.69, 9.17) is 9.47 Å². The van der Waals surface area contributed by atoms with Crippen LogP contribution in [0.15, 0.2) is 39.9 Å². The molecule has 0 saturated carbocycles. The summed E-state index contributed by atoms with van der Waals surface area (Å²) >= 11 is 1.71. The van der Waals surface area contributed by atoms with Crippen LogP contribution < -0.4 is 10.2 Å². The number of amidine groups is 1. The minimum absolute atomic E-state index is 0.0602. The van der Waals surface area contributed by atoms with E-state index in [2.05, 4.69) is 40.3 Å². The van der Waals surface area contributed by atoms with Crippen LogP contribution in [0.4, 0.5) is 5.69 Å². The molecule has 0 fully saturated rings. The number of esters is 2. The molecule has 0 aliphatic carbocycles. The van der Waals surface area contributed by atoms with Crippen molar-refractivity contribution in [3.8, 4) is 0 Å². The molecule has 0 bridgehead atoms. The number of fused-ring (bicyclic) bond motifs is 3. The molecule has 0 spiro atoms. The van der Waals surface area contributed by atoms with Crippen LogP contribution >= 0.6 is 11.8 Å². The van der Waals surface area contributed by atoms with E-state index in [-0.39, 0.29) is 24.8 Å². The fraction of sp³-hybridized carbons (Fsp3) is 0.476. The van der Waals surface area contributed by atoms with Crippen molar-refractivity contribution < 1.29 is 19.1 Å². The van der Waals surface area contributed by atoms with Gasteiger partial charge in [-0.3, -0.25) is 4.99 Å². The van der Waals surface area contributed by atoms with E-state index in [1.165, 1.54) is 16.8 Å². The van der Waals surface area contributed by atoms with Crippen LogP contribution in [-0.4, -0.2) is 43.4 Å². The predicted octanol–water partition coefficient (Wildman–Crippen LogP) is 3.41. The number of nitrogens with one attached hydrogen (secondary N) is 1. The molecule has 156 valence electrons. The molecule has 0 amide bonds. The highest BCUT2D eigenvalue weighted by atomic mass is 32.2. The lowest BCUT2D eigenvalue weighted by Gasteiger charge is -2.24. The second kappa shape index (κ2) is 9.82. The van der Waals surface area contributed by atoms with Gasteiger partial charge in [-0.25, -0.2) is 9.59 Å². The maximum atomic E-state index is 12.2. The smallest absolute Gasteiger partial charge is 0.347 e. The number of rotatable bonds is 8. The summed E-state index contributed by atoms with van der Waals surface area (Å²) in [7, 11) is 0. The van der Waals surface area contributed by atoms with E-state index in [0.29, 0.717) is 0 Å². The summed E-state index contributed by atoms with van der Waals surface area (Å²) in [6, 6.07) is 6.30. The van der Waals surface area contributed by atoms with Crippen LogP contribution in [0.1, 0.15) is 45.2 Å². The van der Waals surface area contributed by atoms with E-state index in [9.17, 15) is 9.59 Å². The summed E-state index contributed by atoms with van der Waals surface area (Å²) in [5, 5.41) is 4.27. The average Bonchev–Trinajstić information content (AvgIpc) is 3.09. The third-order valence-electron chi connectivity index (χ3n) is 4.72. The zero-order valence-electron chi connectivity index (χ0n) is 17.1. The number of aliphatic imine (C=N–C) groups is 1. The molecular weight excluding hydrogens is 390 g/mol. The molecule has 2 aliphatic heterocycles. The number of carbonyl (C=O) groups is 2. The molecule has 7 nitrogen and oxygen atoms in total. The zero-order valence-corrected chi connectivity index (χ0v) is 17.9. The topological polar surface area (TPSA) is 80.2 Å². The molecule has 1 unspecified atom stereocenters. The normalized spacial score (nSPS) is 15.6. The summed E-state index contributed by atoms with van der Waals surface area (Å²) in [5.41, 5.74) is 2.13. The van der Waals surface area contributed by atoms with Gasteiger partial charge in [0.1, 0.15) is 0 Å². The van der Waals surface area contributed by atoms with Crippen LogP contribution in [0, 0.1) is 0 Å². The molecule has 1 N–H and O–H groups in total. The van der Waals surface area contributed by atoms with Gasteiger partial charge in [-0.2, -0.15) is 0 Å². The average molecular weight is 418 g/mol. The fourth-order valence-corrected chi connectivity index (χ4v) is 4.36. The van der Waals surface area contributed by atoms with E-state index in [0.717, 1.165) is 36.7 Å². The van der Waals surface area contributed by atoms with Gasteiger partial charge in [0, 0.05) is 24.2 Å². The van der Waals surface area contributed by atoms with Gasteiger partial charge in [0.15, 0.2) is 10.7 Å². The summed E-state index contributed by atoms with van der Waals surface area (Å²) in [6.07, 6.45) is 3.25. The molecule has 2 aliphatic rings. The number of thioether (sulfide) groups is 1. The highest BCUT2D eigenvalue weighted by Crippen LogP contribution is 2.42. The van der Waals surface area contributed by atoms with Crippen molar-refractivity contribution in [2.75, 3.05) is 31.2 Å². The third kappa shape index (κ3) is 4.75. The number of benzene rings is 1. The van der Waals surface area contributed by atoms with Gasteiger partial charge in [0.2, 0.25) is 0 Å². The van der Waals surface area contributed by atoms with Crippen LogP contribution in [0.5, 0.6) is 0 Å². The van der Waals surface area contributed by atoms with Crippen molar-refractivity contribution in [3.05, 3.63) is 35.5 Å². The largest absolute Gasteiger partial charge is 0.462 e. The van der Waals surface area contributed by atoms with Crippen molar-refractivity contribution in [1.82, 2.24) is 5.32 Å². The first-order chi connectivity index (χ1) is 14.1. The maximum Gasteiger partial charge on any atom is 0.347 e. The number of anilines is 1. The number of nitrogens with zero attached hydrogens (tertiary/aromatic N) is 2. The molecule has 0 radical (unpaired) electrons. The second-order valence-electron chi connectivity index (χ2n) is 6.63. The van der Waals surface area contributed by atoms with E-state index in [1.54, 1.807) is 25.6 Å². The van der Waals surface area contributed by atoms with Crippen LogP contribution in [0.25, 0.3) is 0 Å². The summed E-state index contributed by atoms with van der Waals surface area (Å²) < 4.78 is 9.98. The Bertz CT molecular complexity index is 817. The van der Waals surface area contributed by atoms with Crippen LogP contribution in [0.3, 0.4) is 0 Å². The van der Waals surface area contributed by atoms with E-state index in [1.807, 2.05) is 0 Å². The van der Waals surface area contributed by atoms with Gasteiger partial charge < -0.3 is 19.7 Å². The second-order valence-corrected chi connectivity index (χ2v) is 7.63. The number of carbonyl (C=O) groups excluding carboxylic acids is 2. The van der Waals surface area contributed by atoms with Crippen molar-refractivity contribution in [3.63, 3.8) is 0 Å². The molecule has 1 atom stereocenters. The first kappa shape index (κ1) is 21.2. The number of hydrogen-bond donors (Lipinski definition) is 1. The molecule has 3 rings (SSSR count). The molecule has 8 heteroatoms. The summed E-state index contributed by atoms with van der Waals surface area (Å²) in [4.78, 5) is 32.4. The minimum Gasteiger partial charge on any atom is -0.462 e. The molecule has 0 saturated heterocycles. The van der Waals surface area contributed by atoms with Crippen molar-refractivity contribution in [1.29, 1.82) is 0 Å². The van der Waals surface area contributed by atoms with E-state index >= 15 is 0 Å². The Morgan fingerprint density at radius 3 is 2.62 bits per heavy atom. The SMILES string of the molecule is CCOC(=O)C(=CNC(CC)c1ccc2c(c1)N1CCCN=C1S2)C(=O)OCC. The van der Waals surface area contributed by atoms with Gasteiger partial charge in [-0.15, -0.1) is 0 Å². The first-order valence-corrected chi connectivity index (χ1v) is 10.8. The zero-order chi connectivity index (χ0) is 20.8. The lowest BCUT2D eigenvalue weighted by Crippen LogP contribution is -2.30. The van der Waals surface area contributed by atoms with Gasteiger partial charge in [-0.1, -0.05) is 13.0 Å². The standard InChI is InChI=1S/C21H27N3O4S/c1-4-16(23-13-15(19(25)27-5-2)20(26)28-6-3)14-8-9-18-17(12-14)24-11-7-10-22-21(24)29-18/h8-9,12-13,16,23H,4-7,10-11H2,1-3H3. The lowest BCUT2D eigenvalue weighted by atomic mass is 10.0. The molecule has 0 aromatic heterocycles. The summed E-state index contributed by atoms with van der Waals surface area (Å²) in [5.74, 6) is -1.37. The van der Waals surface area contributed by atoms with Crippen molar-refractivity contribution in [2.45, 2.75) is 44.6 Å². The molecular formula is C21H27N3O4S. The quantitative estimate of drug-likeness (QED) is 0.300. The Morgan fingerprint density at radius 1 is 1.24 bits per heavy atom. The van der Waals surface area contributed by atoms with Gasteiger partial charge in [0.25, 0.3) is 0 Å². The number of hydrogen-bond acceptors (Lipinski definition) is 8. The molecule has 2 heterocycles. The Morgan fingerprint density at radius 2 is 1.97 bits per heavy atom.